The van der Waals surface area contributed by atoms with Gasteiger partial charge in [0, 0.05) is 28.7 Å². The highest BCUT2D eigenvalue weighted by molar-refractivity contribution is 7.85. The number of carbonyl (C=O) groups is 1. The van der Waals surface area contributed by atoms with Crippen LogP contribution >= 0.6 is 0 Å². The molecule has 4 rings (SSSR count). The van der Waals surface area contributed by atoms with Crippen LogP contribution in [0.3, 0.4) is 0 Å². The second-order valence-corrected chi connectivity index (χ2v) is 8.64. The molecule has 3 aromatic rings. The fourth-order valence-corrected chi connectivity index (χ4v) is 4.77. The van der Waals surface area contributed by atoms with Gasteiger partial charge < -0.3 is 9.32 Å². The number of nitrogens with one attached hydrogen (secondary N) is 1. The Morgan fingerprint density at radius 2 is 1.89 bits per heavy atom. The number of fused-ring (bicyclic) bond motifs is 1. The second-order valence-electron chi connectivity index (χ2n) is 7.07. The summed E-state index contributed by atoms with van der Waals surface area (Å²) in [5.74, 6) is 0.302. The Hall–Kier alpha value is -2.51. The molecular weight excluding hydrogens is 376 g/mol. The molecule has 1 atom stereocenters. The SMILES string of the molecule is O=C(c1ccccc1)C1CCN(CCS(=O)c2ccc3[nH]c(=O)oc3c2)CC1. The van der Waals surface area contributed by atoms with Crippen molar-refractivity contribution in [3.63, 3.8) is 0 Å². The summed E-state index contributed by atoms with van der Waals surface area (Å²) in [6.07, 6.45) is 1.67. The average molecular weight is 398 g/mol. The number of piperidine rings is 1. The van der Waals surface area contributed by atoms with Crippen molar-refractivity contribution in [1.82, 2.24) is 9.88 Å². The van der Waals surface area contributed by atoms with Crippen molar-refractivity contribution in [2.24, 2.45) is 5.92 Å². The number of hydrogen-bond acceptors (Lipinski definition) is 5. The number of Topliss-reactive ketones (excluding diaryl/α,β-unsaturated/α-hetero) is 1. The monoisotopic (exact) mass is 398 g/mol. The van der Waals surface area contributed by atoms with Gasteiger partial charge in [-0.2, -0.15) is 0 Å². The number of rotatable bonds is 6. The topological polar surface area (TPSA) is 83.4 Å². The summed E-state index contributed by atoms with van der Waals surface area (Å²) >= 11 is 0. The van der Waals surface area contributed by atoms with Crippen LogP contribution in [0.2, 0.25) is 0 Å². The molecule has 1 saturated heterocycles. The van der Waals surface area contributed by atoms with Gasteiger partial charge in [-0.3, -0.25) is 14.0 Å². The molecule has 1 unspecified atom stereocenters. The van der Waals surface area contributed by atoms with Gasteiger partial charge in [0.05, 0.1) is 16.3 Å². The lowest BCUT2D eigenvalue weighted by molar-refractivity contribution is 0.0845. The maximum Gasteiger partial charge on any atom is 0.417 e. The molecule has 0 saturated carbocycles. The molecule has 2 aromatic carbocycles. The third-order valence-electron chi connectivity index (χ3n) is 5.26. The van der Waals surface area contributed by atoms with E-state index >= 15 is 0 Å². The molecule has 0 bridgehead atoms. The number of likely N-dealkylation sites (tertiary alicyclic amines) is 1. The van der Waals surface area contributed by atoms with E-state index in [-0.39, 0.29) is 11.7 Å². The van der Waals surface area contributed by atoms with Crippen LogP contribution in [0.4, 0.5) is 0 Å². The van der Waals surface area contributed by atoms with Crippen LogP contribution < -0.4 is 5.76 Å². The highest BCUT2D eigenvalue weighted by Gasteiger charge is 2.25. The zero-order chi connectivity index (χ0) is 19.5. The van der Waals surface area contributed by atoms with Crippen LogP contribution in [0, 0.1) is 5.92 Å². The summed E-state index contributed by atoms with van der Waals surface area (Å²) in [6, 6.07) is 14.6. The van der Waals surface area contributed by atoms with Crippen molar-refractivity contribution in [3.05, 3.63) is 64.6 Å². The molecule has 0 aliphatic carbocycles. The molecule has 7 heteroatoms. The third kappa shape index (κ3) is 4.15. The number of aromatic nitrogens is 1. The number of benzene rings is 2. The Morgan fingerprint density at radius 1 is 1.14 bits per heavy atom. The van der Waals surface area contributed by atoms with Gasteiger partial charge in [-0.25, -0.2) is 4.79 Å². The van der Waals surface area contributed by atoms with Crippen molar-refractivity contribution < 1.29 is 13.4 Å². The molecule has 146 valence electrons. The quantitative estimate of drug-likeness (QED) is 0.646. The van der Waals surface area contributed by atoms with Crippen molar-refractivity contribution in [2.45, 2.75) is 17.7 Å². The lowest BCUT2D eigenvalue weighted by atomic mass is 9.89. The first kappa shape index (κ1) is 18.8. The molecule has 1 fully saturated rings. The zero-order valence-electron chi connectivity index (χ0n) is 15.4. The molecule has 1 N–H and O–H groups in total. The van der Waals surface area contributed by atoms with Crippen molar-refractivity contribution in [3.8, 4) is 0 Å². The van der Waals surface area contributed by atoms with Crippen molar-refractivity contribution in [1.29, 1.82) is 0 Å². The van der Waals surface area contributed by atoms with Crippen molar-refractivity contribution >= 4 is 27.7 Å². The Morgan fingerprint density at radius 3 is 2.64 bits per heavy atom. The molecule has 1 aliphatic rings. The maximum atomic E-state index is 12.6. The van der Waals surface area contributed by atoms with Gasteiger partial charge in [0.1, 0.15) is 0 Å². The van der Waals surface area contributed by atoms with Crippen LogP contribution in [0.1, 0.15) is 23.2 Å². The number of hydrogen-bond donors (Lipinski definition) is 1. The van der Waals surface area contributed by atoms with E-state index in [4.69, 9.17) is 4.42 Å². The first-order valence-electron chi connectivity index (χ1n) is 9.43. The van der Waals surface area contributed by atoms with Crippen LogP contribution in [0.25, 0.3) is 11.1 Å². The van der Waals surface area contributed by atoms with Crippen LogP contribution in [0.5, 0.6) is 0 Å². The smallest absolute Gasteiger partial charge is 0.408 e. The summed E-state index contributed by atoms with van der Waals surface area (Å²) in [5, 5.41) is 0. The standard InChI is InChI=1S/C21H22N2O4S/c24-20(15-4-2-1-3-5-15)16-8-10-23(11-9-16)12-13-28(26)17-6-7-18-19(14-17)27-21(25)22-18/h1-7,14,16H,8-13H2,(H,22,25). The summed E-state index contributed by atoms with van der Waals surface area (Å²) in [7, 11) is -1.16. The van der Waals surface area contributed by atoms with E-state index in [1.165, 1.54) is 0 Å². The van der Waals surface area contributed by atoms with Gasteiger partial charge in [0.25, 0.3) is 0 Å². The van der Waals surface area contributed by atoms with Gasteiger partial charge in [-0.1, -0.05) is 30.3 Å². The van der Waals surface area contributed by atoms with E-state index in [1.807, 2.05) is 30.3 Å². The highest BCUT2D eigenvalue weighted by Crippen LogP contribution is 2.22. The lowest BCUT2D eigenvalue weighted by Crippen LogP contribution is -2.38. The molecule has 6 nitrogen and oxygen atoms in total. The zero-order valence-corrected chi connectivity index (χ0v) is 16.2. The second kappa shape index (κ2) is 8.24. The predicted octanol–water partition coefficient (Wildman–Crippen LogP) is 2.82. The van der Waals surface area contributed by atoms with Crippen LogP contribution in [-0.2, 0) is 10.8 Å². The normalized spacial score (nSPS) is 17.0. The number of oxazole rings is 1. The number of H-pyrrole nitrogens is 1. The van der Waals surface area contributed by atoms with Crippen LogP contribution in [0.15, 0.2) is 62.6 Å². The molecule has 1 aromatic heterocycles. The largest absolute Gasteiger partial charge is 0.417 e. The van der Waals surface area contributed by atoms with E-state index in [0.717, 1.165) is 31.5 Å². The van der Waals surface area contributed by atoms with E-state index < -0.39 is 16.6 Å². The van der Waals surface area contributed by atoms with E-state index in [9.17, 15) is 13.8 Å². The number of nitrogens with zero attached hydrogens (tertiary/aromatic N) is 1. The molecule has 0 radical (unpaired) electrons. The fourth-order valence-electron chi connectivity index (χ4n) is 3.65. The fraction of sp³-hybridized carbons (Fsp3) is 0.333. The minimum absolute atomic E-state index is 0.0723. The Kier molecular flexibility index (Phi) is 5.54. The number of ketones is 1. The molecule has 0 amide bonds. The maximum absolute atomic E-state index is 12.6. The van der Waals surface area contributed by atoms with Gasteiger partial charge in [0.2, 0.25) is 0 Å². The third-order valence-corrected chi connectivity index (χ3v) is 6.60. The minimum atomic E-state index is -1.16. The van der Waals surface area contributed by atoms with E-state index in [1.54, 1.807) is 18.2 Å². The number of aromatic amines is 1. The predicted molar refractivity (Wildman–Crippen MR) is 108 cm³/mol. The highest BCUT2D eigenvalue weighted by atomic mass is 32.2. The lowest BCUT2D eigenvalue weighted by Gasteiger charge is -2.31. The summed E-state index contributed by atoms with van der Waals surface area (Å²) in [6.45, 7) is 2.40. The number of carbonyl (C=O) groups excluding carboxylic acids is 1. The minimum Gasteiger partial charge on any atom is -0.408 e. The van der Waals surface area contributed by atoms with E-state index in [0.29, 0.717) is 28.3 Å². The van der Waals surface area contributed by atoms with Crippen molar-refractivity contribution in [2.75, 3.05) is 25.4 Å². The first-order valence-corrected chi connectivity index (χ1v) is 10.7. The average Bonchev–Trinajstić information content (AvgIpc) is 3.11. The first-order chi connectivity index (χ1) is 13.6. The van der Waals surface area contributed by atoms with Gasteiger partial charge >= 0.3 is 5.76 Å². The summed E-state index contributed by atoms with van der Waals surface area (Å²) in [5.41, 5.74) is 1.82. The Bertz CT molecular complexity index is 1050. The molecular formula is C21H22N2O4S. The van der Waals surface area contributed by atoms with Crippen LogP contribution in [-0.4, -0.2) is 45.3 Å². The molecule has 0 spiro atoms. The Balaban J connectivity index is 1.29. The van der Waals surface area contributed by atoms with E-state index in [2.05, 4.69) is 9.88 Å². The Labute approximate surface area is 165 Å². The summed E-state index contributed by atoms with van der Waals surface area (Å²) < 4.78 is 17.6. The van der Waals surface area contributed by atoms with Gasteiger partial charge in [-0.15, -0.1) is 0 Å². The molecule has 2 heterocycles. The van der Waals surface area contributed by atoms with Gasteiger partial charge in [0.15, 0.2) is 11.4 Å². The van der Waals surface area contributed by atoms with Gasteiger partial charge in [-0.05, 0) is 44.1 Å². The molecule has 1 aliphatic heterocycles. The molecule has 28 heavy (non-hydrogen) atoms. The summed E-state index contributed by atoms with van der Waals surface area (Å²) in [4.78, 5) is 29.3.